The molecule has 810 valence electrons. The first-order valence-electron chi connectivity index (χ1n) is 53.5. The predicted octanol–water partition coefficient (Wildman–Crippen LogP) is 26.6. The molecular formula is C109H186O16Si23. The summed E-state index contributed by atoms with van der Waals surface area (Å²) in [6.07, 6.45) is 0. The zero-order valence-corrected chi connectivity index (χ0v) is 120. The van der Waals surface area contributed by atoms with Crippen molar-refractivity contribution < 1.29 is 65.8 Å². The van der Waals surface area contributed by atoms with Crippen molar-refractivity contribution in [1.29, 1.82) is 0 Å². The molecule has 9 aromatic rings. The molecule has 0 aliphatic carbocycles. The minimum atomic E-state index is -3.92. The molecule has 0 saturated carbocycles. The number of rotatable bonds is 63. The van der Waals surface area contributed by atoms with Gasteiger partial charge >= 0.3 is 60.4 Å². The average Bonchev–Trinajstić information content (AvgIpc) is 0.723. The molecule has 0 bridgehead atoms. The highest BCUT2D eigenvalue weighted by molar-refractivity contribution is 7.10. The van der Waals surface area contributed by atoms with Crippen LogP contribution in [0.4, 0.5) is 0 Å². The van der Waals surface area contributed by atoms with Crippen LogP contribution in [0.1, 0.15) is 0 Å². The molecule has 3 atom stereocenters. The second-order valence-corrected chi connectivity index (χ2v) is 142. The molecule has 0 fully saturated rings. The van der Waals surface area contributed by atoms with E-state index in [4.69, 9.17) is 65.8 Å². The Morgan fingerprint density at radius 2 is 0.270 bits per heavy atom. The van der Waals surface area contributed by atoms with Crippen molar-refractivity contribution in [3.63, 3.8) is 0 Å². The van der Waals surface area contributed by atoms with Gasteiger partial charge in [-0.2, -0.15) is 0 Å². The molecule has 0 aliphatic rings. The normalized spacial score (nSPS) is 15.2. The van der Waals surface area contributed by atoms with Crippen LogP contribution in [0.5, 0.6) is 0 Å². The molecule has 0 aliphatic heterocycles. The monoisotopic (exact) mass is 2390 g/mol. The molecule has 0 radical (unpaired) electrons. The van der Waals surface area contributed by atoms with Crippen LogP contribution in [0.3, 0.4) is 0 Å². The highest BCUT2D eigenvalue weighted by Crippen LogP contribution is 2.41. The van der Waals surface area contributed by atoms with E-state index in [0.717, 1.165) is 114 Å². The van der Waals surface area contributed by atoms with Crippen molar-refractivity contribution >= 4 is 240 Å². The van der Waals surface area contributed by atoms with Crippen molar-refractivity contribution in [2.24, 2.45) is 0 Å². The first-order chi connectivity index (χ1) is 68.2. The molecule has 9 rings (SSSR count). The molecule has 9 aromatic carbocycles. The Hall–Kier alpha value is -3.71. The van der Waals surface area contributed by atoms with E-state index >= 15 is 0 Å². The van der Waals surface area contributed by atoms with Crippen LogP contribution in [0.15, 0.2) is 322 Å². The molecule has 0 spiro atoms. The van der Waals surface area contributed by atoms with Crippen LogP contribution < -0.4 is 46.7 Å². The van der Waals surface area contributed by atoms with Crippen molar-refractivity contribution in [3.8, 4) is 0 Å². The predicted molar refractivity (Wildman–Crippen MR) is 688 cm³/mol. The second kappa shape index (κ2) is 51.1. The van der Waals surface area contributed by atoms with Crippen LogP contribution in [0, 0.1) is 0 Å². The van der Waals surface area contributed by atoms with Gasteiger partial charge in [-0.25, -0.2) is 0 Å². The zero-order valence-electron chi connectivity index (χ0n) is 97.1. The molecule has 3 unspecified atom stereocenters. The van der Waals surface area contributed by atoms with E-state index in [1.807, 2.05) is 34.9 Å². The van der Waals surface area contributed by atoms with E-state index in [1.165, 1.54) is 5.19 Å². The standard InChI is InChI=1S/C109H186O16Si23/c1-40-126(5,6)119-147(120-127(7,8)41-2,108-85-67-51-68-86-108)123-140(33,34)99-95-136(25,26)115-143(38,102-73-55-45-56-74-102)112-133(19,20)92-90-131(15,16)110-130(13,14)89-91-132(17,18)111-142(37,101-71-53-44-54-72-101)113-134(21,22)93-97-138(29,30)117-145(104-77-59-47-60-78-104,105-79-61-48-62-80-105)125-146(106-81-63-49-64-82-106,107-83-65-50-66-84-107)118-139(31,32)98-94-135(23,24)114-144(39,103-75-57-46-58-76-103)116-137(27,28)96-100-141(35,36)124-148(121-128(9,10)42-3,122-129(11,12)43-4)109-87-69-52-70-88-109/h40-88H,1-4,89-100H2,5-39H3. The lowest BCUT2D eigenvalue weighted by Gasteiger charge is -2.47. The third-order valence-electron chi connectivity index (χ3n) is 27.6. The van der Waals surface area contributed by atoms with Crippen LogP contribution in [0.25, 0.3) is 0 Å². The van der Waals surface area contributed by atoms with Crippen LogP contribution >= 0.6 is 0 Å². The molecule has 16 nitrogen and oxygen atoms in total. The minimum absolute atomic E-state index is 0.817. The van der Waals surface area contributed by atoms with Gasteiger partial charge in [0.15, 0.2) is 99.8 Å². The zero-order chi connectivity index (χ0) is 110. The van der Waals surface area contributed by atoms with Crippen molar-refractivity contribution in [1.82, 2.24) is 0 Å². The van der Waals surface area contributed by atoms with Gasteiger partial charge in [-0.05, 0) is 338 Å². The summed E-state index contributed by atoms with van der Waals surface area (Å²) in [5.74, 6) is 0. The lowest BCUT2D eigenvalue weighted by atomic mass is 10.4. The van der Waals surface area contributed by atoms with Gasteiger partial charge in [0.05, 0.1) is 0 Å². The molecule has 0 amide bonds. The number of benzene rings is 9. The lowest BCUT2D eigenvalue weighted by molar-refractivity contribution is 0.272. The quantitative estimate of drug-likeness (QED) is 0.0333. The molecule has 0 N–H and O–H groups in total. The Labute approximate surface area is 921 Å². The fourth-order valence-electron chi connectivity index (χ4n) is 19.3. The fraction of sp³-hybridized carbons (Fsp3) is 0.431. The van der Waals surface area contributed by atoms with Gasteiger partial charge in [0.2, 0.25) is 33.3 Å². The van der Waals surface area contributed by atoms with E-state index in [2.05, 4.69) is 516 Å². The Bertz CT molecular complexity index is 5550. The highest BCUT2D eigenvalue weighted by Gasteiger charge is 2.62. The maximum Gasteiger partial charge on any atom is 0.506 e. The van der Waals surface area contributed by atoms with Gasteiger partial charge in [0.1, 0.15) is 0 Å². The van der Waals surface area contributed by atoms with Crippen molar-refractivity contribution in [3.05, 3.63) is 322 Å². The summed E-state index contributed by atoms with van der Waals surface area (Å²) in [6.45, 7) is 98.9. The van der Waals surface area contributed by atoms with E-state index < -0.39 is 193 Å². The maximum absolute atomic E-state index is 8.84. The highest BCUT2D eigenvalue weighted by atomic mass is 28.5. The number of hydrogen-bond acceptors (Lipinski definition) is 16. The van der Waals surface area contributed by atoms with Crippen LogP contribution in [-0.2, 0) is 65.8 Å². The largest absolute Gasteiger partial charge is 0.506 e. The fourth-order valence-corrected chi connectivity index (χ4v) is 133. The smallest absolute Gasteiger partial charge is 0.456 e. The third kappa shape index (κ3) is 38.3. The minimum Gasteiger partial charge on any atom is -0.456 e. The number of hydrogen-bond donors (Lipinski definition) is 0. The first-order valence-corrected chi connectivity index (χ1v) is 117. The molecule has 0 saturated heterocycles. The third-order valence-corrected chi connectivity index (χ3v) is 118. The summed E-state index contributed by atoms with van der Waals surface area (Å²) >= 11 is 0. The van der Waals surface area contributed by atoms with E-state index in [0.29, 0.717) is 0 Å². The lowest BCUT2D eigenvalue weighted by Crippen LogP contribution is -2.78. The Morgan fingerprint density at radius 3 is 0.426 bits per heavy atom. The SMILES string of the molecule is C=C[Si](C)(C)O[Si](O[Si](C)(C)C=C)(O[Si](C)(C)CC[Si](C)(C)O[Si](C)(O[Si](C)(C)CC[Si](C)(C)O[Si](C)(C)CC[Si](C)(C)O[Si](C)(O[Si](C)(C)CC[Si](C)(C)O[Si](O[Si](O[Si](C)(C)CC[Si](C)(C)O[Si](C)(O[Si](C)(C)CC[Si](C)(C)O[Si](O[Si](C)(C)C=C)(O[Si](C)(C)C=C)c1ccccc1)c1ccccc1)(c1ccccc1)c1ccccc1)(c1ccccc1)c1ccccc1)c1ccccc1)c1ccccc1)c1ccccc1. The average molecular weight is 2400 g/mol. The van der Waals surface area contributed by atoms with Gasteiger partial charge in [-0.15, -0.1) is 26.3 Å². The van der Waals surface area contributed by atoms with Gasteiger partial charge in [-0.1, -0.05) is 296 Å². The molecule has 39 heteroatoms. The Kier molecular flexibility index (Phi) is 44.1. The summed E-state index contributed by atoms with van der Waals surface area (Å²) < 4.78 is 125. The summed E-state index contributed by atoms with van der Waals surface area (Å²) in [5.41, 5.74) is 7.96. The summed E-state index contributed by atoms with van der Waals surface area (Å²) in [7, 11) is -64.8. The molecule has 0 aromatic heterocycles. The summed E-state index contributed by atoms with van der Waals surface area (Å²) in [5, 5.41) is 9.58. The second-order valence-electron chi connectivity index (χ2n) is 50.5. The van der Waals surface area contributed by atoms with Crippen molar-refractivity contribution in [2.75, 3.05) is 0 Å². The molecule has 0 heterocycles. The topological polar surface area (TPSA) is 148 Å². The summed E-state index contributed by atoms with van der Waals surface area (Å²) in [6, 6.07) is 108. The maximum atomic E-state index is 8.84. The van der Waals surface area contributed by atoms with Crippen LogP contribution in [-0.4, -0.2) is 193 Å². The Morgan fingerprint density at radius 1 is 0.142 bits per heavy atom. The van der Waals surface area contributed by atoms with Gasteiger partial charge in [0, 0.05) is 10.4 Å². The van der Waals surface area contributed by atoms with E-state index in [-0.39, 0.29) is 0 Å². The van der Waals surface area contributed by atoms with Gasteiger partial charge < -0.3 is 65.8 Å². The van der Waals surface area contributed by atoms with E-state index in [9.17, 15) is 0 Å². The molecular weight excluding hydrogens is 2210 g/mol. The molecule has 148 heavy (non-hydrogen) atoms. The summed E-state index contributed by atoms with van der Waals surface area (Å²) in [4.78, 5) is 0. The first kappa shape index (κ1) is 128. The van der Waals surface area contributed by atoms with Crippen LogP contribution in [0.2, 0.25) is 302 Å². The van der Waals surface area contributed by atoms with Gasteiger partial charge in [-0.3, -0.25) is 0 Å². The Balaban J connectivity index is 0.927. The van der Waals surface area contributed by atoms with Gasteiger partial charge in [0.25, 0.3) is 0 Å². The van der Waals surface area contributed by atoms with Crippen molar-refractivity contribution in [2.45, 2.75) is 302 Å². The van der Waals surface area contributed by atoms with E-state index in [1.54, 1.807) is 0 Å².